The number of nitrogens with one attached hydrogen (secondary N) is 1. The van der Waals surface area contributed by atoms with Crippen LogP contribution in [0.5, 0.6) is 0 Å². The molecule has 0 fully saturated rings. The lowest BCUT2D eigenvalue weighted by Crippen LogP contribution is -2.43. The summed E-state index contributed by atoms with van der Waals surface area (Å²) in [6, 6.07) is 3.73. The zero-order valence-corrected chi connectivity index (χ0v) is 19.0. The van der Waals surface area contributed by atoms with E-state index in [9.17, 15) is 18.8 Å². The fraction of sp³-hybridized carbons (Fsp3) is 0.429. The molecule has 0 saturated heterocycles. The molecule has 0 saturated carbocycles. The summed E-state index contributed by atoms with van der Waals surface area (Å²) in [6.07, 6.45) is 1.83. The molecule has 2 rings (SSSR count). The van der Waals surface area contributed by atoms with Crippen LogP contribution in [-0.4, -0.2) is 27.9 Å². The van der Waals surface area contributed by atoms with E-state index in [0.717, 1.165) is 17.4 Å². The first-order chi connectivity index (χ1) is 14.3. The summed E-state index contributed by atoms with van der Waals surface area (Å²) in [7, 11) is 0. The lowest BCUT2D eigenvalue weighted by molar-refractivity contribution is -0.152. The van der Waals surface area contributed by atoms with Crippen molar-refractivity contribution in [3.8, 4) is 0 Å². The Hall–Kier alpha value is -2.85. The van der Waals surface area contributed by atoms with Crippen molar-refractivity contribution in [2.75, 3.05) is 5.32 Å². The predicted octanol–water partition coefficient (Wildman–Crippen LogP) is 3.04. The van der Waals surface area contributed by atoms with Crippen molar-refractivity contribution in [1.82, 2.24) is 4.57 Å². The van der Waals surface area contributed by atoms with Gasteiger partial charge in [-0.2, -0.15) is 4.99 Å². The predicted molar refractivity (Wildman–Crippen MR) is 116 cm³/mol. The SMILES string of the molecule is CC(C)(C)CC(=O)Nc1ccc(C(=O)N=c2sccn2COC(=O)C(C)(C)N)cc1F. The van der Waals surface area contributed by atoms with E-state index < -0.39 is 23.2 Å². The van der Waals surface area contributed by atoms with Gasteiger partial charge in [-0.05, 0) is 37.5 Å². The molecule has 0 aliphatic heterocycles. The third-order valence-corrected chi connectivity index (χ3v) is 4.69. The van der Waals surface area contributed by atoms with E-state index in [1.165, 1.54) is 30.5 Å². The number of benzene rings is 1. The number of rotatable bonds is 6. The van der Waals surface area contributed by atoms with Crippen LogP contribution in [0.25, 0.3) is 0 Å². The summed E-state index contributed by atoms with van der Waals surface area (Å²) in [5.74, 6) is -2.32. The third kappa shape index (κ3) is 7.41. The van der Waals surface area contributed by atoms with E-state index in [2.05, 4.69) is 10.3 Å². The largest absolute Gasteiger partial charge is 0.442 e. The van der Waals surface area contributed by atoms with Gasteiger partial charge in [-0.1, -0.05) is 20.8 Å². The Bertz CT molecular complexity index is 1040. The number of thiazole rings is 1. The number of halogens is 1. The molecule has 31 heavy (non-hydrogen) atoms. The van der Waals surface area contributed by atoms with E-state index in [4.69, 9.17) is 10.5 Å². The maximum Gasteiger partial charge on any atom is 0.327 e. The van der Waals surface area contributed by atoms with E-state index in [1.54, 1.807) is 11.6 Å². The van der Waals surface area contributed by atoms with Crippen molar-refractivity contribution in [2.45, 2.75) is 53.3 Å². The number of nitrogens with two attached hydrogens (primary N) is 1. The summed E-state index contributed by atoms with van der Waals surface area (Å²) in [5.41, 5.74) is 4.31. The molecule has 0 aliphatic carbocycles. The summed E-state index contributed by atoms with van der Waals surface area (Å²) in [4.78, 5) is 40.6. The minimum Gasteiger partial charge on any atom is -0.442 e. The van der Waals surface area contributed by atoms with Gasteiger partial charge >= 0.3 is 5.97 Å². The first kappa shape index (κ1) is 24.4. The molecule has 0 unspecified atom stereocenters. The monoisotopic (exact) mass is 450 g/mol. The molecule has 0 bridgehead atoms. The maximum absolute atomic E-state index is 14.4. The molecule has 168 valence electrons. The van der Waals surface area contributed by atoms with Gasteiger partial charge in [0.2, 0.25) is 5.91 Å². The molecule has 0 spiro atoms. The van der Waals surface area contributed by atoms with Gasteiger partial charge in [-0.15, -0.1) is 11.3 Å². The first-order valence-corrected chi connectivity index (χ1v) is 10.4. The molecule has 1 heterocycles. The topological polar surface area (TPSA) is 116 Å². The van der Waals surface area contributed by atoms with Crippen molar-refractivity contribution in [3.05, 3.63) is 46.0 Å². The molecule has 0 aliphatic rings. The highest BCUT2D eigenvalue weighted by Crippen LogP contribution is 2.21. The quantitative estimate of drug-likeness (QED) is 0.656. The van der Waals surface area contributed by atoms with E-state index in [-0.39, 0.29) is 40.5 Å². The van der Waals surface area contributed by atoms with Crippen molar-refractivity contribution in [2.24, 2.45) is 16.1 Å². The number of hydrogen-bond acceptors (Lipinski definition) is 6. The fourth-order valence-corrected chi connectivity index (χ4v) is 3.09. The molecule has 1 aromatic heterocycles. The van der Waals surface area contributed by atoms with E-state index in [1.807, 2.05) is 20.8 Å². The maximum atomic E-state index is 14.4. The number of amides is 2. The Morgan fingerprint density at radius 1 is 1.23 bits per heavy atom. The Kier molecular flexibility index (Phi) is 7.50. The minimum absolute atomic E-state index is 0.00620. The van der Waals surface area contributed by atoms with Gasteiger partial charge in [0, 0.05) is 23.6 Å². The Morgan fingerprint density at radius 2 is 1.90 bits per heavy atom. The zero-order valence-electron chi connectivity index (χ0n) is 18.2. The lowest BCUT2D eigenvalue weighted by Gasteiger charge is -2.17. The zero-order chi connectivity index (χ0) is 23.4. The van der Waals surface area contributed by atoms with Crippen LogP contribution in [0.3, 0.4) is 0 Å². The van der Waals surface area contributed by atoms with Crippen LogP contribution < -0.4 is 15.9 Å². The second kappa shape index (κ2) is 9.52. The normalized spacial score (nSPS) is 12.5. The second-order valence-corrected chi connectivity index (χ2v) is 9.71. The van der Waals surface area contributed by atoms with Crippen molar-refractivity contribution in [1.29, 1.82) is 0 Å². The van der Waals surface area contributed by atoms with Gasteiger partial charge in [-0.25, -0.2) is 4.39 Å². The highest BCUT2D eigenvalue weighted by atomic mass is 32.1. The molecule has 10 heteroatoms. The van der Waals surface area contributed by atoms with Gasteiger partial charge < -0.3 is 15.8 Å². The number of anilines is 1. The number of carbonyl (C=O) groups excluding carboxylic acids is 3. The Morgan fingerprint density at radius 3 is 2.48 bits per heavy atom. The van der Waals surface area contributed by atoms with Gasteiger partial charge in [0.15, 0.2) is 11.5 Å². The van der Waals surface area contributed by atoms with Gasteiger partial charge in [0.1, 0.15) is 11.4 Å². The minimum atomic E-state index is -1.15. The number of nitrogens with zero attached hydrogens (tertiary/aromatic N) is 2. The summed E-state index contributed by atoms with van der Waals surface area (Å²) >= 11 is 1.15. The van der Waals surface area contributed by atoms with Crippen molar-refractivity contribution in [3.63, 3.8) is 0 Å². The molecule has 2 amide bonds. The van der Waals surface area contributed by atoms with Gasteiger partial charge in [-0.3, -0.25) is 19.0 Å². The Labute approximate surface area is 183 Å². The smallest absolute Gasteiger partial charge is 0.327 e. The van der Waals surface area contributed by atoms with Crippen LogP contribution in [0.4, 0.5) is 10.1 Å². The van der Waals surface area contributed by atoms with Crippen LogP contribution in [0.15, 0.2) is 34.8 Å². The van der Waals surface area contributed by atoms with Crippen LogP contribution in [0, 0.1) is 11.2 Å². The molecule has 0 radical (unpaired) electrons. The highest BCUT2D eigenvalue weighted by Gasteiger charge is 2.23. The summed E-state index contributed by atoms with van der Waals surface area (Å²) < 4.78 is 21.0. The Balaban J connectivity index is 2.14. The molecule has 8 nitrogen and oxygen atoms in total. The van der Waals surface area contributed by atoms with Crippen LogP contribution in [0.1, 0.15) is 51.4 Å². The number of carbonyl (C=O) groups is 3. The summed E-state index contributed by atoms with van der Waals surface area (Å²) in [5, 5.41) is 4.18. The second-order valence-electron chi connectivity index (χ2n) is 8.84. The van der Waals surface area contributed by atoms with E-state index >= 15 is 0 Å². The van der Waals surface area contributed by atoms with Gasteiger partial charge in [0.05, 0.1) is 5.69 Å². The lowest BCUT2D eigenvalue weighted by atomic mass is 9.92. The standard InChI is InChI=1S/C21H27FN4O4S/c1-20(2,3)11-16(27)24-15-7-6-13(10-14(15)22)17(28)25-19-26(8-9-31-19)12-30-18(29)21(4,5)23/h6-10H,11-12,23H2,1-5H3,(H,24,27). The molecule has 3 N–H and O–H groups in total. The average Bonchev–Trinajstić information content (AvgIpc) is 3.05. The molecular weight excluding hydrogens is 423 g/mol. The van der Waals surface area contributed by atoms with Crippen LogP contribution >= 0.6 is 11.3 Å². The number of ether oxygens (including phenoxy) is 1. The first-order valence-electron chi connectivity index (χ1n) is 9.55. The number of hydrogen-bond donors (Lipinski definition) is 2. The van der Waals surface area contributed by atoms with Crippen LogP contribution in [0.2, 0.25) is 0 Å². The molecule has 1 aromatic carbocycles. The summed E-state index contributed by atoms with van der Waals surface area (Å²) in [6.45, 7) is 8.59. The molecular formula is C21H27FN4O4S. The van der Waals surface area contributed by atoms with E-state index in [0.29, 0.717) is 0 Å². The highest BCUT2D eigenvalue weighted by molar-refractivity contribution is 7.07. The average molecular weight is 451 g/mol. The number of aromatic nitrogens is 1. The molecule has 2 aromatic rings. The van der Waals surface area contributed by atoms with Crippen molar-refractivity contribution < 1.29 is 23.5 Å². The fourth-order valence-electron chi connectivity index (χ4n) is 2.38. The molecule has 0 atom stereocenters. The van der Waals surface area contributed by atoms with Gasteiger partial charge in [0.25, 0.3) is 5.91 Å². The van der Waals surface area contributed by atoms with Crippen molar-refractivity contribution >= 4 is 34.8 Å². The van der Waals surface area contributed by atoms with Crippen LogP contribution in [-0.2, 0) is 21.1 Å². The third-order valence-electron chi connectivity index (χ3n) is 3.90. The number of esters is 1.